The van der Waals surface area contributed by atoms with Crippen LogP contribution in [0.3, 0.4) is 0 Å². The van der Waals surface area contributed by atoms with Gasteiger partial charge in [0.1, 0.15) is 5.01 Å². The monoisotopic (exact) mass is 329 g/mol. The van der Waals surface area contributed by atoms with Gasteiger partial charge in [-0.1, -0.05) is 31.2 Å². The van der Waals surface area contributed by atoms with Crippen molar-refractivity contribution in [2.24, 2.45) is 0 Å². The minimum Gasteiger partial charge on any atom is -0.341 e. The highest BCUT2D eigenvalue weighted by atomic mass is 32.1. The molecule has 0 spiro atoms. The van der Waals surface area contributed by atoms with Gasteiger partial charge in [0, 0.05) is 30.6 Å². The molecule has 1 fully saturated rings. The lowest BCUT2D eigenvalue weighted by molar-refractivity contribution is -0.130. The molecule has 1 aromatic carbocycles. The summed E-state index contributed by atoms with van der Waals surface area (Å²) in [5.74, 6) is 0.187. The molecule has 0 unspecified atom stereocenters. The quantitative estimate of drug-likeness (QED) is 0.938. The molecule has 1 saturated heterocycles. The van der Waals surface area contributed by atoms with Gasteiger partial charge in [-0.3, -0.25) is 4.79 Å². The van der Waals surface area contributed by atoms with E-state index in [1.807, 2.05) is 10.3 Å². The minimum atomic E-state index is 0.187. The summed E-state index contributed by atoms with van der Waals surface area (Å²) in [6, 6.07) is 8.52. The van der Waals surface area contributed by atoms with Crippen molar-refractivity contribution in [3.8, 4) is 10.6 Å². The molecule has 1 aliphatic rings. The van der Waals surface area contributed by atoms with E-state index >= 15 is 0 Å². The largest absolute Gasteiger partial charge is 0.341 e. The summed E-state index contributed by atoms with van der Waals surface area (Å²) >= 11 is 1.61. The predicted molar refractivity (Wildman–Crippen MR) is 94.7 cm³/mol. The van der Waals surface area contributed by atoms with Crippen LogP contribution in [-0.4, -0.2) is 42.0 Å². The van der Waals surface area contributed by atoms with Gasteiger partial charge >= 0.3 is 0 Å². The Hall–Kier alpha value is -1.72. The van der Waals surface area contributed by atoms with Gasteiger partial charge in [0.25, 0.3) is 0 Å². The zero-order valence-electron chi connectivity index (χ0n) is 13.5. The Morgan fingerprint density at radius 3 is 2.87 bits per heavy atom. The first-order chi connectivity index (χ1) is 11.3. The number of benzene rings is 1. The Morgan fingerprint density at radius 1 is 1.26 bits per heavy atom. The lowest BCUT2D eigenvalue weighted by Gasteiger charge is -2.19. The van der Waals surface area contributed by atoms with E-state index in [0.717, 1.165) is 55.3 Å². The number of carbonyl (C=O) groups is 1. The first-order valence-corrected chi connectivity index (χ1v) is 9.16. The van der Waals surface area contributed by atoms with Crippen molar-refractivity contribution < 1.29 is 4.79 Å². The van der Waals surface area contributed by atoms with Crippen LogP contribution in [0.5, 0.6) is 0 Å². The molecule has 1 amide bonds. The van der Waals surface area contributed by atoms with Crippen molar-refractivity contribution in [1.29, 1.82) is 0 Å². The second-order valence-corrected chi connectivity index (χ2v) is 6.71. The van der Waals surface area contributed by atoms with Crippen molar-refractivity contribution >= 4 is 17.2 Å². The number of hydrogen-bond donors (Lipinski definition) is 1. The lowest BCUT2D eigenvalue weighted by atomic mass is 10.1. The van der Waals surface area contributed by atoms with Gasteiger partial charge < -0.3 is 10.2 Å². The standard InChI is InChI=1S/C18H23N3OS/c1-2-14-4-6-15(7-5-14)18-20-16(13-23-18)12-17(22)21-10-3-8-19-9-11-21/h4-7,13,19H,2-3,8-12H2,1H3. The van der Waals surface area contributed by atoms with E-state index in [-0.39, 0.29) is 5.91 Å². The Bertz CT molecular complexity index is 643. The second kappa shape index (κ2) is 7.70. The molecule has 0 atom stereocenters. The molecule has 1 aliphatic heterocycles. The number of nitrogens with one attached hydrogen (secondary N) is 1. The van der Waals surface area contributed by atoms with Gasteiger partial charge in [0.2, 0.25) is 5.91 Å². The van der Waals surface area contributed by atoms with Crippen LogP contribution >= 0.6 is 11.3 Å². The number of aryl methyl sites for hydroxylation is 1. The molecule has 0 radical (unpaired) electrons. The molecular weight excluding hydrogens is 306 g/mol. The van der Waals surface area contributed by atoms with Crippen LogP contribution in [0.2, 0.25) is 0 Å². The van der Waals surface area contributed by atoms with E-state index in [1.54, 1.807) is 11.3 Å². The molecular formula is C18H23N3OS. The van der Waals surface area contributed by atoms with Crippen LogP contribution < -0.4 is 5.32 Å². The third-order valence-electron chi connectivity index (χ3n) is 4.19. The average molecular weight is 329 g/mol. The van der Waals surface area contributed by atoms with E-state index < -0.39 is 0 Å². The number of amides is 1. The molecule has 5 heteroatoms. The van der Waals surface area contributed by atoms with E-state index in [0.29, 0.717) is 6.42 Å². The van der Waals surface area contributed by atoms with Gasteiger partial charge in [-0.2, -0.15) is 0 Å². The summed E-state index contributed by atoms with van der Waals surface area (Å²) in [7, 11) is 0. The molecule has 1 aromatic heterocycles. The second-order valence-electron chi connectivity index (χ2n) is 5.86. The van der Waals surface area contributed by atoms with Crippen molar-refractivity contribution in [1.82, 2.24) is 15.2 Å². The van der Waals surface area contributed by atoms with Crippen LogP contribution in [-0.2, 0) is 17.6 Å². The molecule has 23 heavy (non-hydrogen) atoms. The maximum absolute atomic E-state index is 12.4. The third kappa shape index (κ3) is 4.18. The Balaban J connectivity index is 1.65. The topological polar surface area (TPSA) is 45.2 Å². The fraction of sp³-hybridized carbons (Fsp3) is 0.444. The molecule has 1 N–H and O–H groups in total. The maximum atomic E-state index is 12.4. The van der Waals surface area contributed by atoms with Crippen molar-refractivity contribution in [2.75, 3.05) is 26.2 Å². The van der Waals surface area contributed by atoms with Crippen LogP contribution in [0.4, 0.5) is 0 Å². The Labute approximate surface area is 141 Å². The lowest BCUT2D eigenvalue weighted by Crippen LogP contribution is -2.35. The van der Waals surface area contributed by atoms with Gasteiger partial charge in [-0.05, 0) is 24.9 Å². The van der Waals surface area contributed by atoms with E-state index in [4.69, 9.17) is 0 Å². The predicted octanol–water partition coefficient (Wildman–Crippen LogP) is 2.74. The molecule has 3 rings (SSSR count). The maximum Gasteiger partial charge on any atom is 0.228 e. The van der Waals surface area contributed by atoms with Crippen LogP contribution in [0.15, 0.2) is 29.6 Å². The SMILES string of the molecule is CCc1ccc(-c2nc(CC(=O)N3CCCNCC3)cs2)cc1. The zero-order valence-corrected chi connectivity index (χ0v) is 14.4. The normalized spacial score (nSPS) is 15.4. The van der Waals surface area contributed by atoms with E-state index in [1.165, 1.54) is 5.56 Å². The molecule has 0 bridgehead atoms. The zero-order chi connectivity index (χ0) is 16.1. The molecule has 4 nitrogen and oxygen atoms in total. The number of thiazole rings is 1. The highest BCUT2D eigenvalue weighted by Crippen LogP contribution is 2.24. The highest BCUT2D eigenvalue weighted by molar-refractivity contribution is 7.13. The summed E-state index contributed by atoms with van der Waals surface area (Å²) in [5, 5.41) is 6.33. The van der Waals surface area contributed by atoms with Gasteiger partial charge in [0.05, 0.1) is 12.1 Å². The van der Waals surface area contributed by atoms with Crippen molar-refractivity contribution in [3.63, 3.8) is 0 Å². The summed E-state index contributed by atoms with van der Waals surface area (Å²) in [6.07, 6.45) is 2.48. The number of nitrogens with zero attached hydrogens (tertiary/aromatic N) is 2. The van der Waals surface area contributed by atoms with E-state index in [9.17, 15) is 4.79 Å². The molecule has 122 valence electrons. The fourth-order valence-corrected chi connectivity index (χ4v) is 3.59. The number of carbonyl (C=O) groups excluding carboxylic acids is 1. The number of hydrogen-bond acceptors (Lipinski definition) is 4. The summed E-state index contributed by atoms with van der Waals surface area (Å²) in [4.78, 5) is 19.0. The van der Waals surface area contributed by atoms with Gasteiger partial charge in [-0.25, -0.2) is 4.98 Å². The van der Waals surface area contributed by atoms with Crippen LogP contribution in [0, 0.1) is 0 Å². The summed E-state index contributed by atoms with van der Waals surface area (Å²) in [6.45, 7) is 5.69. The smallest absolute Gasteiger partial charge is 0.228 e. The number of aromatic nitrogens is 1. The summed E-state index contributed by atoms with van der Waals surface area (Å²) in [5.41, 5.74) is 3.34. The molecule has 0 saturated carbocycles. The van der Waals surface area contributed by atoms with Crippen LogP contribution in [0.25, 0.3) is 10.6 Å². The van der Waals surface area contributed by atoms with Crippen molar-refractivity contribution in [3.05, 3.63) is 40.9 Å². The molecule has 2 aromatic rings. The molecule has 2 heterocycles. The van der Waals surface area contributed by atoms with E-state index in [2.05, 4.69) is 41.5 Å². The van der Waals surface area contributed by atoms with Crippen LogP contribution in [0.1, 0.15) is 24.6 Å². The molecule has 0 aliphatic carbocycles. The Kier molecular flexibility index (Phi) is 5.41. The van der Waals surface area contributed by atoms with Gasteiger partial charge in [-0.15, -0.1) is 11.3 Å². The first kappa shape index (κ1) is 16.1. The highest BCUT2D eigenvalue weighted by Gasteiger charge is 2.17. The first-order valence-electron chi connectivity index (χ1n) is 8.28. The number of rotatable bonds is 4. The van der Waals surface area contributed by atoms with Gasteiger partial charge in [0.15, 0.2) is 0 Å². The van der Waals surface area contributed by atoms with Crippen molar-refractivity contribution in [2.45, 2.75) is 26.2 Å². The fourth-order valence-electron chi connectivity index (χ4n) is 2.77. The average Bonchev–Trinajstić information content (AvgIpc) is 2.87. The third-order valence-corrected chi connectivity index (χ3v) is 5.13. The minimum absolute atomic E-state index is 0.187. The Morgan fingerprint density at radius 2 is 2.09 bits per heavy atom. The summed E-state index contributed by atoms with van der Waals surface area (Å²) < 4.78 is 0.